The molecule has 0 bridgehead atoms. The van der Waals surface area contributed by atoms with Crippen LogP contribution in [0.4, 0.5) is 0 Å². The summed E-state index contributed by atoms with van der Waals surface area (Å²) in [7, 11) is 0. The lowest BCUT2D eigenvalue weighted by atomic mass is 10.2. The SMILES string of the molecule is c1n[nH]cc1-c1ccc(-c2cn[nH]c2)o1. The first-order chi connectivity index (χ1) is 7.43. The van der Waals surface area contributed by atoms with Gasteiger partial charge in [-0.25, -0.2) is 0 Å². The van der Waals surface area contributed by atoms with E-state index in [-0.39, 0.29) is 0 Å². The van der Waals surface area contributed by atoms with Gasteiger partial charge in [0.1, 0.15) is 11.5 Å². The molecule has 3 rings (SSSR count). The van der Waals surface area contributed by atoms with Crippen molar-refractivity contribution < 1.29 is 4.42 Å². The van der Waals surface area contributed by atoms with Gasteiger partial charge in [-0.15, -0.1) is 0 Å². The molecule has 0 fully saturated rings. The number of H-pyrrole nitrogens is 2. The first-order valence-corrected chi connectivity index (χ1v) is 4.51. The molecular weight excluding hydrogens is 192 g/mol. The Labute approximate surface area is 85.1 Å². The van der Waals surface area contributed by atoms with E-state index in [2.05, 4.69) is 20.4 Å². The normalized spacial score (nSPS) is 10.7. The van der Waals surface area contributed by atoms with Crippen LogP contribution in [0.2, 0.25) is 0 Å². The van der Waals surface area contributed by atoms with Gasteiger partial charge in [0.05, 0.1) is 23.5 Å². The van der Waals surface area contributed by atoms with Crippen molar-refractivity contribution in [1.82, 2.24) is 20.4 Å². The highest BCUT2D eigenvalue weighted by Gasteiger charge is 2.07. The molecule has 0 spiro atoms. The Bertz CT molecular complexity index is 487. The van der Waals surface area contributed by atoms with E-state index in [4.69, 9.17) is 4.42 Å². The van der Waals surface area contributed by atoms with Gasteiger partial charge in [0.15, 0.2) is 0 Å². The van der Waals surface area contributed by atoms with Gasteiger partial charge in [0.2, 0.25) is 0 Å². The minimum atomic E-state index is 0.792. The predicted octanol–water partition coefficient (Wildman–Crippen LogP) is 2.06. The maximum atomic E-state index is 5.65. The number of hydrogen-bond donors (Lipinski definition) is 2. The third kappa shape index (κ3) is 1.34. The number of aromatic amines is 2. The highest BCUT2D eigenvalue weighted by Crippen LogP contribution is 2.26. The third-order valence-corrected chi connectivity index (χ3v) is 2.17. The van der Waals surface area contributed by atoms with E-state index in [1.54, 1.807) is 24.8 Å². The third-order valence-electron chi connectivity index (χ3n) is 2.17. The molecule has 0 aromatic carbocycles. The number of nitrogens with one attached hydrogen (secondary N) is 2. The van der Waals surface area contributed by atoms with Crippen molar-refractivity contribution in [3.05, 3.63) is 36.9 Å². The molecule has 0 aliphatic carbocycles. The quantitative estimate of drug-likeness (QED) is 0.665. The van der Waals surface area contributed by atoms with Gasteiger partial charge < -0.3 is 4.42 Å². The van der Waals surface area contributed by atoms with E-state index in [0.717, 1.165) is 22.6 Å². The molecule has 0 saturated carbocycles. The van der Waals surface area contributed by atoms with Crippen LogP contribution in [0.15, 0.2) is 41.3 Å². The van der Waals surface area contributed by atoms with E-state index < -0.39 is 0 Å². The van der Waals surface area contributed by atoms with Gasteiger partial charge in [0, 0.05) is 12.4 Å². The number of nitrogens with zero attached hydrogens (tertiary/aromatic N) is 2. The second-order valence-corrected chi connectivity index (χ2v) is 3.14. The molecule has 3 aromatic rings. The predicted molar refractivity (Wildman–Crippen MR) is 53.9 cm³/mol. The van der Waals surface area contributed by atoms with Crippen molar-refractivity contribution in [2.24, 2.45) is 0 Å². The van der Waals surface area contributed by atoms with E-state index in [1.807, 2.05) is 12.1 Å². The molecule has 0 radical (unpaired) electrons. The van der Waals surface area contributed by atoms with Crippen LogP contribution in [0, 0.1) is 0 Å². The van der Waals surface area contributed by atoms with Crippen molar-refractivity contribution in [2.75, 3.05) is 0 Å². The van der Waals surface area contributed by atoms with Crippen molar-refractivity contribution in [3.63, 3.8) is 0 Å². The second kappa shape index (κ2) is 3.13. The van der Waals surface area contributed by atoms with Gasteiger partial charge in [-0.2, -0.15) is 10.2 Å². The van der Waals surface area contributed by atoms with Crippen molar-refractivity contribution in [3.8, 4) is 22.6 Å². The molecule has 5 heteroatoms. The van der Waals surface area contributed by atoms with Gasteiger partial charge in [-0.3, -0.25) is 10.2 Å². The molecule has 0 amide bonds. The smallest absolute Gasteiger partial charge is 0.137 e. The average molecular weight is 200 g/mol. The molecule has 2 N–H and O–H groups in total. The van der Waals surface area contributed by atoms with E-state index in [1.165, 1.54) is 0 Å². The fourth-order valence-electron chi connectivity index (χ4n) is 1.42. The second-order valence-electron chi connectivity index (χ2n) is 3.14. The standard InChI is InChI=1S/C10H8N4O/c1-2-10(8-5-13-14-6-8)15-9(1)7-3-11-12-4-7/h1-6H,(H,11,12)(H,13,14). The number of hydrogen-bond acceptors (Lipinski definition) is 3. The number of rotatable bonds is 2. The minimum Gasteiger partial charge on any atom is -0.456 e. The van der Waals surface area contributed by atoms with Crippen LogP contribution < -0.4 is 0 Å². The molecule has 74 valence electrons. The van der Waals surface area contributed by atoms with Crippen LogP contribution in [0.5, 0.6) is 0 Å². The van der Waals surface area contributed by atoms with Gasteiger partial charge in [-0.1, -0.05) is 0 Å². The summed E-state index contributed by atoms with van der Waals surface area (Å²) in [4.78, 5) is 0. The van der Waals surface area contributed by atoms with E-state index in [0.29, 0.717) is 0 Å². The monoisotopic (exact) mass is 200 g/mol. The van der Waals surface area contributed by atoms with Gasteiger partial charge in [0.25, 0.3) is 0 Å². The molecule has 3 aromatic heterocycles. The molecule has 0 unspecified atom stereocenters. The lowest BCUT2D eigenvalue weighted by Crippen LogP contribution is -1.66. The lowest BCUT2D eigenvalue weighted by molar-refractivity contribution is 0.597. The maximum absolute atomic E-state index is 5.65. The fraction of sp³-hybridized carbons (Fsp3) is 0. The molecule has 15 heavy (non-hydrogen) atoms. The average Bonchev–Trinajstić information content (AvgIpc) is 3.02. The van der Waals surface area contributed by atoms with Crippen LogP contribution >= 0.6 is 0 Å². The summed E-state index contributed by atoms with van der Waals surface area (Å²) in [6.07, 6.45) is 7.02. The Morgan fingerprint density at radius 1 is 0.867 bits per heavy atom. The Morgan fingerprint density at radius 2 is 1.40 bits per heavy atom. The van der Waals surface area contributed by atoms with Crippen LogP contribution in [-0.4, -0.2) is 20.4 Å². The van der Waals surface area contributed by atoms with Crippen molar-refractivity contribution in [2.45, 2.75) is 0 Å². The Morgan fingerprint density at radius 3 is 1.80 bits per heavy atom. The first-order valence-electron chi connectivity index (χ1n) is 4.51. The van der Waals surface area contributed by atoms with Crippen molar-refractivity contribution >= 4 is 0 Å². The molecule has 0 aliphatic heterocycles. The summed E-state index contributed by atoms with van der Waals surface area (Å²) < 4.78 is 5.65. The minimum absolute atomic E-state index is 0.792. The topological polar surface area (TPSA) is 70.5 Å². The lowest BCUT2D eigenvalue weighted by Gasteiger charge is -1.90. The van der Waals surface area contributed by atoms with Crippen LogP contribution in [0.25, 0.3) is 22.6 Å². The summed E-state index contributed by atoms with van der Waals surface area (Å²) in [6.45, 7) is 0. The number of aromatic nitrogens is 4. The van der Waals surface area contributed by atoms with Crippen LogP contribution in [0.1, 0.15) is 0 Å². The van der Waals surface area contributed by atoms with Crippen LogP contribution in [0.3, 0.4) is 0 Å². The van der Waals surface area contributed by atoms with E-state index in [9.17, 15) is 0 Å². The Hall–Kier alpha value is -2.30. The summed E-state index contributed by atoms with van der Waals surface area (Å²) >= 11 is 0. The Balaban J connectivity index is 2.02. The van der Waals surface area contributed by atoms with E-state index >= 15 is 0 Å². The first kappa shape index (κ1) is 8.05. The molecule has 3 heterocycles. The highest BCUT2D eigenvalue weighted by molar-refractivity contribution is 5.62. The highest BCUT2D eigenvalue weighted by atomic mass is 16.3. The fourth-order valence-corrected chi connectivity index (χ4v) is 1.42. The molecule has 0 saturated heterocycles. The Kier molecular flexibility index (Phi) is 1.68. The molecule has 0 atom stereocenters. The zero-order chi connectivity index (χ0) is 10.1. The maximum Gasteiger partial charge on any atom is 0.137 e. The zero-order valence-corrected chi connectivity index (χ0v) is 7.77. The van der Waals surface area contributed by atoms with Crippen molar-refractivity contribution in [1.29, 1.82) is 0 Å². The molecular formula is C10H8N4O. The summed E-state index contributed by atoms with van der Waals surface area (Å²) in [5.41, 5.74) is 1.87. The number of furan rings is 1. The summed E-state index contributed by atoms with van der Waals surface area (Å²) in [6, 6.07) is 3.82. The zero-order valence-electron chi connectivity index (χ0n) is 7.77. The van der Waals surface area contributed by atoms with Gasteiger partial charge in [-0.05, 0) is 12.1 Å². The summed E-state index contributed by atoms with van der Waals surface area (Å²) in [5.74, 6) is 1.58. The largest absolute Gasteiger partial charge is 0.456 e. The molecule has 5 nitrogen and oxygen atoms in total. The van der Waals surface area contributed by atoms with Gasteiger partial charge >= 0.3 is 0 Å². The van der Waals surface area contributed by atoms with Crippen LogP contribution in [-0.2, 0) is 0 Å². The summed E-state index contributed by atoms with van der Waals surface area (Å²) in [5, 5.41) is 13.2. The molecule has 0 aliphatic rings.